The van der Waals surface area contributed by atoms with Gasteiger partial charge in [0.2, 0.25) is 5.91 Å². The molecule has 0 saturated heterocycles. The molecular formula is C20H24N2O. The van der Waals surface area contributed by atoms with Crippen molar-refractivity contribution in [3.05, 3.63) is 71.8 Å². The zero-order chi connectivity index (χ0) is 16.3. The molecule has 0 bridgehead atoms. The van der Waals surface area contributed by atoms with Crippen molar-refractivity contribution in [3.8, 4) is 0 Å². The molecule has 0 fully saturated rings. The van der Waals surface area contributed by atoms with Crippen LogP contribution in [-0.4, -0.2) is 11.6 Å². The highest BCUT2D eigenvalue weighted by molar-refractivity contribution is 6.01. The first-order chi connectivity index (χ1) is 11.3. The van der Waals surface area contributed by atoms with Gasteiger partial charge in [0.25, 0.3) is 0 Å². The minimum atomic E-state index is -0.0832. The highest BCUT2D eigenvalue weighted by Crippen LogP contribution is 2.09. The molecule has 0 spiro atoms. The molecule has 0 radical (unpaired) electrons. The number of carbonyl (C=O) groups is 1. The Balaban J connectivity index is 2.00. The van der Waals surface area contributed by atoms with E-state index in [1.165, 1.54) is 12.8 Å². The Labute approximate surface area is 138 Å². The third kappa shape index (κ3) is 6.07. The van der Waals surface area contributed by atoms with Crippen molar-refractivity contribution in [2.45, 2.75) is 39.0 Å². The molecule has 2 aromatic carbocycles. The van der Waals surface area contributed by atoms with E-state index < -0.39 is 0 Å². The molecule has 23 heavy (non-hydrogen) atoms. The number of unbranched alkanes of at least 4 members (excludes halogenated alkanes) is 2. The maximum Gasteiger partial charge on any atom is 0.244 e. The number of amides is 1. The lowest BCUT2D eigenvalue weighted by atomic mass is 10.0. The fraction of sp³-hybridized carbons (Fsp3) is 0.300. The van der Waals surface area contributed by atoms with Crippen LogP contribution in [-0.2, 0) is 11.2 Å². The lowest BCUT2D eigenvalue weighted by Gasteiger charge is -2.07. The highest BCUT2D eigenvalue weighted by atomic mass is 16.2. The predicted molar refractivity (Wildman–Crippen MR) is 95.4 cm³/mol. The van der Waals surface area contributed by atoms with E-state index in [0.29, 0.717) is 6.42 Å². The number of benzene rings is 2. The average molecular weight is 308 g/mol. The number of hydrogen-bond donors (Lipinski definition) is 1. The van der Waals surface area contributed by atoms with Crippen molar-refractivity contribution < 1.29 is 4.79 Å². The number of carbonyl (C=O) groups excluding carboxylic acids is 1. The van der Waals surface area contributed by atoms with Gasteiger partial charge in [-0.3, -0.25) is 4.79 Å². The van der Waals surface area contributed by atoms with Gasteiger partial charge in [0.05, 0.1) is 12.1 Å². The molecule has 2 aromatic rings. The fourth-order valence-electron chi connectivity index (χ4n) is 2.39. The smallest absolute Gasteiger partial charge is 0.244 e. The Kier molecular flexibility index (Phi) is 7.05. The quantitative estimate of drug-likeness (QED) is 0.440. The molecule has 0 saturated carbocycles. The lowest BCUT2D eigenvalue weighted by Crippen LogP contribution is -2.22. The summed E-state index contributed by atoms with van der Waals surface area (Å²) in [6.45, 7) is 2.18. The number of nitrogens with zero attached hydrogens (tertiary/aromatic N) is 1. The fourth-order valence-corrected chi connectivity index (χ4v) is 2.39. The van der Waals surface area contributed by atoms with Crippen LogP contribution >= 0.6 is 0 Å². The predicted octanol–water partition coefficient (Wildman–Crippen LogP) is 4.33. The van der Waals surface area contributed by atoms with Crippen LogP contribution in [0.1, 0.15) is 43.7 Å². The van der Waals surface area contributed by atoms with Gasteiger partial charge in [0.1, 0.15) is 0 Å². The summed E-state index contributed by atoms with van der Waals surface area (Å²) in [7, 11) is 0. The minimum Gasteiger partial charge on any atom is -0.273 e. The first-order valence-corrected chi connectivity index (χ1v) is 8.24. The van der Waals surface area contributed by atoms with E-state index in [0.717, 1.165) is 29.7 Å². The Hall–Kier alpha value is -2.42. The SMILES string of the molecule is CCCCC/C(=N/NC(=O)Cc1ccccc1)c1ccccc1. The van der Waals surface area contributed by atoms with E-state index in [2.05, 4.69) is 17.5 Å². The lowest BCUT2D eigenvalue weighted by molar-refractivity contribution is -0.120. The first kappa shape index (κ1) is 16.9. The van der Waals surface area contributed by atoms with Crippen LogP contribution in [0.15, 0.2) is 65.8 Å². The van der Waals surface area contributed by atoms with Gasteiger partial charge >= 0.3 is 0 Å². The monoisotopic (exact) mass is 308 g/mol. The Bertz CT molecular complexity index is 621. The molecule has 1 amide bonds. The summed E-state index contributed by atoms with van der Waals surface area (Å²) in [6, 6.07) is 19.8. The van der Waals surface area contributed by atoms with Crippen LogP contribution in [0.4, 0.5) is 0 Å². The zero-order valence-corrected chi connectivity index (χ0v) is 13.7. The Morgan fingerprint density at radius 3 is 2.26 bits per heavy atom. The van der Waals surface area contributed by atoms with Gasteiger partial charge in [0.15, 0.2) is 0 Å². The van der Waals surface area contributed by atoms with Crippen LogP contribution in [0, 0.1) is 0 Å². The van der Waals surface area contributed by atoms with Gasteiger partial charge in [-0.1, -0.05) is 80.4 Å². The molecule has 0 heterocycles. The second-order valence-electron chi connectivity index (χ2n) is 5.58. The molecule has 3 heteroatoms. The van der Waals surface area contributed by atoms with E-state index in [4.69, 9.17) is 0 Å². The van der Waals surface area contributed by atoms with Gasteiger partial charge in [-0.15, -0.1) is 0 Å². The largest absolute Gasteiger partial charge is 0.273 e. The van der Waals surface area contributed by atoms with Crippen molar-refractivity contribution in [2.75, 3.05) is 0 Å². The summed E-state index contributed by atoms with van der Waals surface area (Å²) >= 11 is 0. The molecule has 0 atom stereocenters. The van der Waals surface area contributed by atoms with Crippen molar-refractivity contribution >= 4 is 11.6 Å². The third-order valence-corrected chi connectivity index (χ3v) is 3.65. The average Bonchev–Trinajstić information content (AvgIpc) is 2.59. The molecule has 1 N–H and O–H groups in total. The normalized spacial score (nSPS) is 11.3. The summed E-state index contributed by atoms with van der Waals surface area (Å²) in [4.78, 5) is 12.1. The van der Waals surface area contributed by atoms with Crippen LogP contribution < -0.4 is 5.43 Å². The summed E-state index contributed by atoms with van der Waals surface area (Å²) in [6.07, 6.45) is 4.65. The van der Waals surface area contributed by atoms with Gasteiger partial charge < -0.3 is 0 Å². The zero-order valence-electron chi connectivity index (χ0n) is 13.7. The van der Waals surface area contributed by atoms with Crippen molar-refractivity contribution in [2.24, 2.45) is 5.10 Å². The van der Waals surface area contributed by atoms with Crippen molar-refractivity contribution in [1.82, 2.24) is 5.43 Å². The van der Waals surface area contributed by atoms with Crippen molar-refractivity contribution in [1.29, 1.82) is 0 Å². The molecule has 0 aliphatic carbocycles. The topological polar surface area (TPSA) is 41.5 Å². The second-order valence-corrected chi connectivity index (χ2v) is 5.58. The number of rotatable bonds is 8. The van der Waals surface area contributed by atoms with Crippen LogP contribution in [0.25, 0.3) is 0 Å². The number of nitrogens with one attached hydrogen (secondary N) is 1. The van der Waals surface area contributed by atoms with E-state index in [9.17, 15) is 4.79 Å². The molecule has 0 aromatic heterocycles. The summed E-state index contributed by atoms with van der Waals surface area (Å²) in [5, 5.41) is 4.38. The van der Waals surface area contributed by atoms with E-state index in [1.54, 1.807) is 0 Å². The van der Waals surface area contributed by atoms with E-state index in [-0.39, 0.29) is 5.91 Å². The highest BCUT2D eigenvalue weighted by Gasteiger charge is 2.06. The standard InChI is InChI=1S/C20H24N2O/c1-2-3-6-15-19(18-13-9-5-10-14-18)21-22-20(23)16-17-11-7-4-8-12-17/h4-5,7-14H,2-3,6,15-16H2,1H3,(H,22,23)/b21-19-. The maximum absolute atomic E-state index is 12.1. The minimum absolute atomic E-state index is 0.0832. The second kappa shape index (κ2) is 9.57. The van der Waals surface area contributed by atoms with Crippen LogP contribution in [0.2, 0.25) is 0 Å². The van der Waals surface area contributed by atoms with E-state index >= 15 is 0 Å². The molecule has 0 unspecified atom stereocenters. The van der Waals surface area contributed by atoms with Gasteiger partial charge in [0, 0.05) is 0 Å². The molecule has 120 valence electrons. The molecule has 2 rings (SSSR count). The molecular weight excluding hydrogens is 284 g/mol. The summed E-state index contributed by atoms with van der Waals surface area (Å²) in [5.41, 5.74) is 5.72. The molecule has 3 nitrogen and oxygen atoms in total. The number of hydrogen-bond acceptors (Lipinski definition) is 2. The summed E-state index contributed by atoms with van der Waals surface area (Å²) in [5.74, 6) is -0.0832. The van der Waals surface area contributed by atoms with Crippen molar-refractivity contribution in [3.63, 3.8) is 0 Å². The van der Waals surface area contributed by atoms with Gasteiger partial charge in [-0.25, -0.2) is 5.43 Å². The molecule has 0 aliphatic heterocycles. The van der Waals surface area contributed by atoms with Gasteiger partial charge in [-0.2, -0.15) is 5.10 Å². The summed E-state index contributed by atoms with van der Waals surface area (Å²) < 4.78 is 0. The maximum atomic E-state index is 12.1. The first-order valence-electron chi connectivity index (χ1n) is 8.24. The van der Waals surface area contributed by atoms with Gasteiger partial charge in [-0.05, 0) is 24.0 Å². The Morgan fingerprint density at radius 2 is 1.61 bits per heavy atom. The van der Waals surface area contributed by atoms with Crippen LogP contribution in [0.3, 0.4) is 0 Å². The van der Waals surface area contributed by atoms with E-state index in [1.807, 2.05) is 60.7 Å². The van der Waals surface area contributed by atoms with Crippen LogP contribution in [0.5, 0.6) is 0 Å². The molecule has 0 aliphatic rings. The Morgan fingerprint density at radius 1 is 0.957 bits per heavy atom. The number of hydrazone groups is 1. The third-order valence-electron chi connectivity index (χ3n) is 3.65.